The Morgan fingerprint density at radius 2 is 2.38 bits per heavy atom. The lowest BCUT2D eigenvalue weighted by Gasteiger charge is -1.97. The van der Waals surface area contributed by atoms with Crippen LogP contribution in [0.4, 0.5) is 10.6 Å². The molecule has 0 saturated carbocycles. The van der Waals surface area contributed by atoms with E-state index in [0.29, 0.717) is 11.5 Å². The lowest BCUT2D eigenvalue weighted by molar-refractivity contribution is 0.209. The van der Waals surface area contributed by atoms with Crippen LogP contribution >= 0.6 is 0 Å². The van der Waals surface area contributed by atoms with Crippen LogP contribution in [-0.4, -0.2) is 26.0 Å². The first-order valence-electron chi connectivity index (χ1n) is 4.61. The Morgan fingerprint density at radius 3 is 3.00 bits per heavy atom. The highest BCUT2D eigenvalue weighted by Gasteiger charge is 2.08. The highest BCUT2D eigenvalue weighted by Crippen LogP contribution is 2.19. The molecule has 2 aromatic heterocycles. The van der Waals surface area contributed by atoms with Crippen molar-refractivity contribution in [1.29, 1.82) is 0 Å². The van der Waals surface area contributed by atoms with Crippen LogP contribution in [0.25, 0.3) is 11.3 Å². The molecule has 2 rings (SSSR count). The minimum Gasteiger partial charge on any atom is -0.465 e. The van der Waals surface area contributed by atoms with Gasteiger partial charge in [-0.1, -0.05) is 0 Å². The Hall–Kier alpha value is -2.37. The molecule has 2 N–H and O–H groups in total. The van der Waals surface area contributed by atoms with E-state index in [2.05, 4.69) is 15.4 Å². The maximum absolute atomic E-state index is 10.5. The predicted octanol–water partition coefficient (Wildman–Crippen LogP) is 1.57. The number of nitrogens with one attached hydrogen (secondary N) is 1. The molecule has 1 amide bonds. The summed E-state index contributed by atoms with van der Waals surface area (Å²) in [6.07, 6.45) is 2.23. The summed E-state index contributed by atoms with van der Waals surface area (Å²) in [5.41, 5.74) is 1.52. The summed E-state index contributed by atoms with van der Waals surface area (Å²) >= 11 is 0. The first kappa shape index (κ1) is 10.2. The SMILES string of the molecule is Cn1nc(-c2cccnc2)cc1NC(=O)O. The highest BCUT2D eigenvalue weighted by molar-refractivity contribution is 5.82. The normalized spacial score (nSPS) is 10.1. The van der Waals surface area contributed by atoms with Crippen LogP contribution in [0.3, 0.4) is 0 Å². The molecule has 82 valence electrons. The first-order chi connectivity index (χ1) is 7.66. The number of rotatable bonds is 2. The van der Waals surface area contributed by atoms with Crippen molar-refractivity contribution in [2.75, 3.05) is 5.32 Å². The summed E-state index contributed by atoms with van der Waals surface area (Å²) < 4.78 is 1.47. The number of nitrogens with zero attached hydrogens (tertiary/aromatic N) is 3. The van der Waals surface area contributed by atoms with Gasteiger partial charge in [-0.05, 0) is 12.1 Å². The van der Waals surface area contributed by atoms with Gasteiger partial charge in [0.05, 0.1) is 5.69 Å². The first-order valence-corrected chi connectivity index (χ1v) is 4.61. The van der Waals surface area contributed by atoms with Crippen LogP contribution in [0, 0.1) is 0 Å². The fourth-order valence-corrected chi connectivity index (χ4v) is 1.35. The molecule has 16 heavy (non-hydrogen) atoms. The number of hydrogen-bond acceptors (Lipinski definition) is 3. The van der Waals surface area contributed by atoms with Crippen LogP contribution in [0.2, 0.25) is 0 Å². The third-order valence-electron chi connectivity index (χ3n) is 2.07. The van der Waals surface area contributed by atoms with Crippen LogP contribution in [-0.2, 0) is 7.05 Å². The van der Waals surface area contributed by atoms with Crippen molar-refractivity contribution in [3.05, 3.63) is 30.6 Å². The zero-order valence-electron chi connectivity index (χ0n) is 8.58. The molecule has 0 aromatic carbocycles. The van der Waals surface area contributed by atoms with Crippen molar-refractivity contribution in [2.45, 2.75) is 0 Å². The van der Waals surface area contributed by atoms with E-state index in [1.165, 1.54) is 4.68 Å². The monoisotopic (exact) mass is 218 g/mol. The maximum Gasteiger partial charge on any atom is 0.410 e. The van der Waals surface area contributed by atoms with E-state index in [9.17, 15) is 4.79 Å². The summed E-state index contributed by atoms with van der Waals surface area (Å²) in [5, 5.41) is 15.1. The van der Waals surface area contributed by atoms with Gasteiger partial charge in [0.1, 0.15) is 5.82 Å². The van der Waals surface area contributed by atoms with Gasteiger partial charge in [-0.15, -0.1) is 0 Å². The van der Waals surface area contributed by atoms with Crippen LogP contribution < -0.4 is 5.32 Å². The molecular weight excluding hydrogens is 208 g/mol. The molecule has 0 bridgehead atoms. The summed E-state index contributed by atoms with van der Waals surface area (Å²) in [5.74, 6) is 0.423. The van der Waals surface area contributed by atoms with E-state index in [4.69, 9.17) is 5.11 Å². The van der Waals surface area contributed by atoms with Gasteiger partial charge in [0, 0.05) is 31.1 Å². The molecule has 2 aromatic rings. The quantitative estimate of drug-likeness (QED) is 0.801. The van der Waals surface area contributed by atoms with Crippen LogP contribution in [0.5, 0.6) is 0 Å². The van der Waals surface area contributed by atoms with E-state index in [1.54, 1.807) is 31.6 Å². The molecule has 2 heterocycles. The number of carbonyl (C=O) groups is 1. The van der Waals surface area contributed by atoms with Crippen molar-refractivity contribution < 1.29 is 9.90 Å². The summed E-state index contributed by atoms with van der Waals surface area (Å²) in [4.78, 5) is 14.5. The topological polar surface area (TPSA) is 80.0 Å². The Morgan fingerprint density at radius 1 is 1.56 bits per heavy atom. The second-order valence-corrected chi connectivity index (χ2v) is 3.21. The summed E-state index contributed by atoms with van der Waals surface area (Å²) in [6, 6.07) is 5.32. The van der Waals surface area contributed by atoms with Crippen molar-refractivity contribution in [1.82, 2.24) is 14.8 Å². The van der Waals surface area contributed by atoms with Crippen molar-refractivity contribution in [3.8, 4) is 11.3 Å². The van der Waals surface area contributed by atoms with Gasteiger partial charge in [-0.2, -0.15) is 5.10 Å². The van der Waals surface area contributed by atoms with E-state index in [0.717, 1.165) is 5.56 Å². The van der Waals surface area contributed by atoms with Gasteiger partial charge in [0.15, 0.2) is 0 Å². The highest BCUT2D eigenvalue weighted by atomic mass is 16.4. The molecule has 0 unspecified atom stereocenters. The van der Waals surface area contributed by atoms with Crippen LogP contribution in [0.1, 0.15) is 0 Å². The Labute approximate surface area is 91.6 Å². The van der Waals surface area contributed by atoms with E-state index in [-0.39, 0.29) is 0 Å². The van der Waals surface area contributed by atoms with Gasteiger partial charge in [0.25, 0.3) is 0 Å². The molecule has 0 saturated heterocycles. The summed E-state index contributed by atoms with van der Waals surface area (Å²) in [6.45, 7) is 0. The van der Waals surface area contributed by atoms with Crippen LogP contribution in [0.15, 0.2) is 30.6 Å². The number of aryl methyl sites for hydroxylation is 1. The Balaban J connectivity index is 2.34. The Bertz CT molecular complexity index is 507. The number of carboxylic acid groups (broad SMARTS) is 1. The molecule has 0 aliphatic carbocycles. The maximum atomic E-state index is 10.5. The summed E-state index contributed by atoms with van der Waals surface area (Å²) in [7, 11) is 1.67. The molecule has 0 atom stereocenters. The molecule has 0 fully saturated rings. The Kier molecular flexibility index (Phi) is 2.55. The van der Waals surface area contributed by atoms with Gasteiger partial charge in [-0.25, -0.2) is 4.79 Å². The van der Waals surface area contributed by atoms with Gasteiger partial charge in [-0.3, -0.25) is 15.0 Å². The van der Waals surface area contributed by atoms with Crippen molar-refractivity contribution >= 4 is 11.9 Å². The standard InChI is InChI=1S/C10H10N4O2/c1-14-9(12-10(15)16)5-8(13-14)7-3-2-4-11-6-7/h2-6,12H,1H3,(H,15,16). The lowest BCUT2D eigenvalue weighted by atomic mass is 10.2. The number of pyridine rings is 1. The average Bonchev–Trinajstić information content (AvgIpc) is 2.61. The fraction of sp³-hybridized carbons (Fsp3) is 0.100. The zero-order valence-corrected chi connectivity index (χ0v) is 8.58. The molecule has 6 nitrogen and oxygen atoms in total. The zero-order chi connectivity index (χ0) is 11.5. The third-order valence-corrected chi connectivity index (χ3v) is 2.07. The number of hydrogen-bond donors (Lipinski definition) is 2. The van der Waals surface area contributed by atoms with Gasteiger partial charge >= 0.3 is 6.09 Å². The van der Waals surface area contributed by atoms with Crippen molar-refractivity contribution in [2.24, 2.45) is 7.05 Å². The second kappa shape index (κ2) is 4.01. The predicted molar refractivity (Wildman–Crippen MR) is 58.1 cm³/mol. The molecule has 0 spiro atoms. The number of aromatic nitrogens is 3. The average molecular weight is 218 g/mol. The minimum absolute atomic E-state index is 0.423. The minimum atomic E-state index is -1.11. The van der Waals surface area contributed by atoms with Gasteiger partial charge < -0.3 is 5.11 Å². The fourth-order valence-electron chi connectivity index (χ4n) is 1.35. The molecule has 6 heteroatoms. The van der Waals surface area contributed by atoms with E-state index < -0.39 is 6.09 Å². The molecule has 0 radical (unpaired) electrons. The molecule has 0 aliphatic heterocycles. The lowest BCUT2D eigenvalue weighted by Crippen LogP contribution is -2.10. The largest absolute Gasteiger partial charge is 0.465 e. The smallest absolute Gasteiger partial charge is 0.410 e. The van der Waals surface area contributed by atoms with E-state index in [1.807, 2.05) is 6.07 Å². The van der Waals surface area contributed by atoms with E-state index >= 15 is 0 Å². The second-order valence-electron chi connectivity index (χ2n) is 3.21. The number of anilines is 1. The number of amides is 1. The third kappa shape index (κ3) is 2.00. The van der Waals surface area contributed by atoms with Crippen molar-refractivity contribution in [3.63, 3.8) is 0 Å². The molecule has 0 aliphatic rings. The van der Waals surface area contributed by atoms with Gasteiger partial charge in [0.2, 0.25) is 0 Å². The molecular formula is C10H10N4O2.